The predicted molar refractivity (Wildman–Crippen MR) is 76.5 cm³/mol. The van der Waals surface area contributed by atoms with Crippen LogP contribution in [-0.4, -0.2) is 52.6 Å². The first-order chi connectivity index (χ1) is 9.79. The fourth-order valence-electron chi connectivity index (χ4n) is 1.69. The number of halogens is 1. The van der Waals surface area contributed by atoms with Crippen molar-refractivity contribution in [2.75, 3.05) is 25.0 Å². The highest BCUT2D eigenvalue weighted by Crippen LogP contribution is 2.22. The Morgan fingerprint density at radius 3 is 2.24 bits per heavy atom. The van der Waals surface area contributed by atoms with Gasteiger partial charge >= 0.3 is 11.9 Å². The summed E-state index contributed by atoms with van der Waals surface area (Å²) < 4.78 is 0. The summed E-state index contributed by atoms with van der Waals surface area (Å²) in [5, 5.41) is 20.5. The molecule has 114 valence electrons. The van der Waals surface area contributed by atoms with Crippen LogP contribution >= 0.6 is 11.6 Å². The van der Waals surface area contributed by atoms with Crippen molar-refractivity contribution >= 4 is 35.1 Å². The number of aliphatic carboxylic acids is 2. The molecule has 8 heteroatoms. The van der Waals surface area contributed by atoms with Crippen LogP contribution in [0.1, 0.15) is 5.56 Å². The fourth-order valence-corrected chi connectivity index (χ4v) is 1.86. The van der Waals surface area contributed by atoms with Gasteiger partial charge in [-0.05, 0) is 24.6 Å². The molecule has 0 saturated heterocycles. The number of rotatable bonds is 7. The molecule has 3 N–H and O–H groups in total. The molecule has 0 spiro atoms. The summed E-state index contributed by atoms with van der Waals surface area (Å²) in [7, 11) is 0. The van der Waals surface area contributed by atoms with Gasteiger partial charge in [-0.25, -0.2) is 0 Å². The molecule has 0 aliphatic rings. The third-order valence-corrected chi connectivity index (χ3v) is 3.04. The van der Waals surface area contributed by atoms with Gasteiger partial charge in [0.05, 0.1) is 19.6 Å². The number of amides is 1. The number of hydrogen-bond donors (Lipinski definition) is 3. The minimum absolute atomic E-state index is 0.343. The average molecular weight is 315 g/mol. The SMILES string of the molecule is Cc1c(Cl)cccc1NC(=O)CN(CC(=O)O)CC(=O)O. The minimum Gasteiger partial charge on any atom is -0.480 e. The van der Waals surface area contributed by atoms with Crippen molar-refractivity contribution < 1.29 is 24.6 Å². The molecule has 1 rings (SSSR count). The zero-order valence-corrected chi connectivity index (χ0v) is 12.1. The maximum Gasteiger partial charge on any atom is 0.317 e. The summed E-state index contributed by atoms with van der Waals surface area (Å²) in [5.74, 6) is -2.92. The summed E-state index contributed by atoms with van der Waals surface area (Å²) >= 11 is 5.92. The Balaban J connectivity index is 2.71. The van der Waals surface area contributed by atoms with Crippen LogP contribution in [-0.2, 0) is 14.4 Å². The first-order valence-corrected chi connectivity index (χ1v) is 6.38. The Hall–Kier alpha value is -2.12. The standard InChI is InChI=1S/C13H15ClN2O5/c1-8-9(14)3-2-4-10(8)15-11(17)5-16(6-12(18)19)7-13(20)21/h2-4H,5-7H2,1H3,(H,15,17)(H,18,19)(H,20,21). The zero-order valence-electron chi connectivity index (χ0n) is 11.3. The number of carbonyl (C=O) groups excluding carboxylic acids is 1. The smallest absolute Gasteiger partial charge is 0.317 e. The molecule has 0 saturated carbocycles. The molecule has 0 aliphatic carbocycles. The van der Waals surface area contributed by atoms with E-state index in [9.17, 15) is 14.4 Å². The van der Waals surface area contributed by atoms with Crippen molar-refractivity contribution in [2.45, 2.75) is 6.92 Å². The number of anilines is 1. The number of carboxylic acids is 2. The Morgan fingerprint density at radius 2 is 1.71 bits per heavy atom. The summed E-state index contributed by atoms with van der Waals surface area (Å²) in [4.78, 5) is 34.2. The summed E-state index contributed by atoms with van der Waals surface area (Å²) in [6.07, 6.45) is 0. The molecule has 21 heavy (non-hydrogen) atoms. The van der Waals surface area contributed by atoms with Crippen molar-refractivity contribution in [3.8, 4) is 0 Å². The van der Waals surface area contributed by atoms with Gasteiger partial charge in [0.1, 0.15) is 0 Å². The number of nitrogens with zero attached hydrogens (tertiary/aromatic N) is 1. The molecule has 0 radical (unpaired) electrons. The number of carbonyl (C=O) groups is 3. The van der Waals surface area contributed by atoms with Gasteiger partial charge in [0, 0.05) is 10.7 Å². The molecule has 0 aromatic heterocycles. The monoisotopic (exact) mass is 314 g/mol. The molecular weight excluding hydrogens is 300 g/mol. The van der Waals surface area contributed by atoms with Gasteiger partial charge in [0.15, 0.2) is 0 Å². The van der Waals surface area contributed by atoms with E-state index in [2.05, 4.69) is 5.32 Å². The third kappa shape index (κ3) is 5.80. The van der Waals surface area contributed by atoms with Crippen LogP contribution in [0.2, 0.25) is 5.02 Å². The fraction of sp³-hybridized carbons (Fsp3) is 0.308. The second kappa shape index (κ2) is 7.61. The molecule has 1 amide bonds. The lowest BCUT2D eigenvalue weighted by molar-refractivity contribution is -0.142. The normalized spacial score (nSPS) is 10.4. The van der Waals surface area contributed by atoms with E-state index in [1.54, 1.807) is 25.1 Å². The molecule has 7 nitrogen and oxygen atoms in total. The van der Waals surface area contributed by atoms with Gasteiger partial charge in [-0.15, -0.1) is 0 Å². The van der Waals surface area contributed by atoms with Crippen LogP contribution in [0.15, 0.2) is 18.2 Å². The second-order valence-electron chi connectivity index (χ2n) is 4.39. The lowest BCUT2D eigenvalue weighted by Crippen LogP contribution is -2.40. The highest BCUT2D eigenvalue weighted by Gasteiger charge is 2.17. The number of benzene rings is 1. The topological polar surface area (TPSA) is 107 Å². The van der Waals surface area contributed by atoms with Crippen molar-refractivity contribution in [1.82, 2.24) is 4.90 Å². The summed E-state index contributed by atoms with van der Waals surface area (Å²) in [6.45, 7) is 0.317. The van der Waals surface area contributed by atoms with Gasteiger partial charge in [-0.1, -0.05) is 17.7 Å². The first kappa shape index (κ1) is 16.9. The summed E-state index contributed by atoms with van der Waals surface area (Å²) in [6, 6.07) is 4.99. The van der Waals surface area contributed by atoms with Crippen molar-refractivity contribution in [3.05, 3.63) is 28.8 Å². The van der Waals surface area contributed by atoms with E-state index in [0.717, 1.165) is 4.90 Å². The Bertz CT molecular complexity index is 545. The van der Waals surface area contributed by atoms with Crippen LogP contribution in [0.5, 0.6) is 0 Å². The van der Waals surface area contributed by atoms with Crippen LogP contribution in [0.3, 0.4) is 0 Å². The molecule has 0 unspecified atom stereocenters. The van der Waals surface area contributed by atoms with E-state index < -0.39 is 30.9 Å². The van der Waals surface area contributed by atoms with Gasteiger partial charge < -0.3 is 15.5 Å². The molecule has 1 aromatic rings. The van der Waals surface area contributed by atoms with E-state index >= 15 is 0 Å². The maximum absolute atomic E-state index is 11.9. The largest absolute Gasteiger partial charge is 0.480 e. The van der Waals surface area contributed by atoms with Crippen LogP contribution in [0, 0.1) is 6.92 Å². The Morgan fingerprint density at radius 1 is 1.14 bits per heavy atom. The van der Waals surface area contributed by atoms with E-state index in [4.69, 9.17) is 21.8 Å². The van der Waals surface area contributed by atoms with Crippen molar-refractivity contribution in [1.29, 1.82) is 0 Å². The van der Waals surface area contributed by atoms with Gasteiger partial charge in [0.2, 0.25) is 5.91 Å². The molecule has 1 aromatic carbocycles. The highest BCUT2D eigenvalue weighted by molar-refractivity contribution is 6.31. The average Bonchev–Trinajstić information content (AvgIpc) is 2.33. The van der Waals surface area contributed by atoms with Gasteiger partial charge in [-0.2, -0.15) is 0 Å². The van der Waals surface area contributed by atoms with Crippen LogP contribution in [0.4, 0.5) is 5.69 Å². The quantitative estimate of drug-likeness (QED) is 0.694. The molecule has 0 heterocycles. The maximum atomic E-state index is 11.9. The Labute approximate surface area is 126 Å². The predicted octanol–water partition coefficient (Wildman–Crippen LogP) is 1.06. The van der Waals surface area contributed by atoms with Gasteiger partial charge in [0.25, 0.3) is 0 Å². The van der Waals surface area contributed by atoms with E-state index in [-0.39, 0.29) is 6.54 Å². The van der Waals surface area contributed by atoms with Crippen molar-refractivity contribution in [2.24, 2.45) is 0 Å². The number of carboxylic acid groups (broad SMARTS) is 2. The van der Waals surface area contributed by atoms with Crippen LogP contribution < -0.4 is 5.32 Å². The lowest BCUT2D eigenvalue weighted by atomic mass is 10.2. The van der Waals surface area contributed by atoms with E-state index in [1.807, 2.05) is 0 Å². The van der Waals surface area contributed by atoms with E-state index in [1.165, 1.54) is 0 Å². The molecule has 0 atom stereocenters. The van der Waals surface area contributed by atoms with E-state index in [0.29, 0.717) is 16.3 Å². The molecule has 0 bridgehead atoms. The molecule has 0 fully saturated rings. The minimum atomic E-state index is -1.21. The molecular formula is C13H15ClN2O5. The number of nitrogens with one attached hydrogen (secondary N) is 1. The lowest BCUT2D eigenvalue weighted by Gasteiger charge is -2.18. The molecule has 0 aliphatic heterocycles. The Kier molecular flexibility index (Phi) is 6.13. The summed E-state index contributed by atoms with van der Waals surface area (Å²) in [5.41, 5.74) is 1.17. The van der Waals surface area contributed by atoms with Crippen LogP contribution in [0.25, 0.3) is 0 Å². The first-order valence-electron chi connectivity index (χ1n) is 6.00. The third-order valence-electron chi connectivity index (χ3n) is 2.63. The second-order valence-corrected chi connectivity index (χ2v) is 4.80. The zero-order chi connectivity index (χ0) is 16.0. The van der Waals surface area contributed by atoms with Gasteiger partial charge in [-0.3, -0.25) is 19.3 Å². The van der Waals surface area contributed by atoms with Crippen molar-refractivity contribution in [3.63, 3.8) is 0 Å². The number of hydrogen-bond acceptors (Lipinski definition) is 4. The highest BCUT2D eigenvalue weighted by atomic mass is 35.5.